The molecule has 0 fully saturated rings. The quantitative estimate of drug-likeness (QED) is 0.578. The van der Waals surface area contributed by atoms with Crippen LogP contribution in [0.5, 0.6) is 0 Å². The Morgan fingerprint density at radius 3 is 2.00 bits per heavy atom. The summed E-state index contributed by atoms with van der Waals surface area (Å²) in [5, 5.41) is 3.18. The molecular formula is C26H24N2O2. The van der Waals surface area contributed by atoms with Crippen LogP contribution in [0.15, 0.2) is 84.6 Å². The number of amides is 2. The first-order valence-electron chi connectivity index (χ1n) is 10.1. The average Bonchev–Trinajstić information content (AvgIpc) is 2.99. The van der Waals surface area contributed by atoms with Gasteiger partial charge in [0.05, 0.1) is 11.3 Å². The molecule has 0 spiro atoms. The van der Waals surface area contributed by atoms with Gasteiger partial charge in [0.1, 0.15) is 5.70 Å². The Kier molecular flexibility index (Phi) is 5.23. The van der Waals surface area contributed by atoms with Crippen LogP contribution in [0.1, 0.15) is 36.5 Å². The van der Waals surface area contributed by atoms with Gasteiger partial charge < -0.3 is 5.32 Å². The molecule has 1 heterocycles. The van der Waals surface area contributed by atoms with Crippen LogP contribution in [0.4, 0.5) is 11.4 Å². The van der Waals surface area contributed by atoms with Gasteiger partial charge in [0.15, 0.2) is 0 Å². The second kappa shape index (κ2) is 7.99. The molecule has 1 N–H and O–H groups in total. The fourth-order valence-electron chi connectivity index (χ4n) is 3.54. The summed E-state index contributed by atoms with van der Waals surface area (Å²) in [7, 11) is 0. The van der Waals surface area contributed by atoms with Crippen LogP contribution in [-0.4, -0.2) is 11.8 Å². The molecule has 0 saturated carbocycles. The zero-order valence-electron chi connectivity index (χ0n) is 17.3. The molecule has 0 radical (unpaired) electrons. The van der Waals surface area contributed by atoms with E-state index in [-0.39, 0.29) is 11.8 Å². The molecule has 4 rings (SSSR count). The maximum atomic E-state index is 13.4. The Labute approximate surface area is 176 Å². The average molecular weight is 396 g/mol. The molecule has 4 heteroatoms. The van der Waals surface area contributed by atoms with E-state index in [1.165, 1.54) is 4.90 Å². The van der Waals surface area contributed by atoms with Gasteiger partial charge in [0.2, 0.25) is 0 Å². The number of benzene rings is 3. The van der Waals surface area contributed by atoms with Crippen LogP contribution < -0.4 is 10.2 Å². The van der Waals surface area contributed by atoms with Crippen molar-refractivity contribution in [3.63, 3.8) is 0 Å². The summed E-state index contributed by atoms with van der Waals surface area (Å²) in [5.41, 5.74) is 4.99. The largest absolute Gasteiger partial charge is 0.350 e. The van der Waals surface area contributed by atoms with Crippen LogP contribution in [0.25, 0.3) is 5.57 Å². The molecule has 0 bridgehead atoms. The Bertz CT molecular complexity index is 1110. The smallest absolute Gasteiger partial charge is 0.282 e. The number of aryl methyl sites for hydroxylation is 1. The van der Waals surface area contributed by atoms with Crippen LogP contribution in [0.2, 0.25) is 0 Å². The molecule has 0 saturated heterocycles. The number of hydrogen-bond acceptors (Lipinski definition) is 3. The number of imide groups is 1. The number of nitrogens with zero attached hydrogens (tertiary/aromatic N) is 1. The van der Waals surface area contributed by atoms with Crippen LogP contribution >= 0.6 is 0 Å². The highest BCUT2D eigenvalue weighted by atomic mass is 16.2. The molecule has 4 nitrogen and oxygen atoms in total. The van der Waals surface area contributed by atoms with E-state index in [2.05, 4.69) is 19.2 Å². The molecule has 1 aliphatic rings. The standard InChI is InChI=1S/C26H24N2O2/c1-17(2)19-13-15-22(16-14-19)28-25(29)23(20-11-9-18(3)10-12-20)24(26(28)30)27-21-7-5-4-6-8-21/h4-17,27H,1-3H3. The van der Waals surface area contributed by atoms with E-state index >= 15 is 0 Å². The summed E-state index contributed by atoms with van der Waals surface area (Å²) in [6.07, 6.45) is 0. The molecule has 0 unspecified atom stereocenters. The number of anilines is 2. The highest BCUT2D eigenvalue weighted by Gasteiger charge is 2.40. The number of nitrogens with one attached hydrogen (secondary N) is 1. The second-order valence-electron chi connectivity index (χ2n) is 7.80. The van der Waals surface area contributed by atoms with Gasteiger partial charge in [0.25, 0.3) is 11.8 Å². The minimum Gasteiger partial charge on any atom is -0.350 e. The first kappa shape index (κ1) is 19.6. The first-order chi connectivity index (χ1) is 14.5. The maximum absolute atomic E-state index is 13.4. The molecule has 1 aliphatic heterocycles. The van der Waals surface area contributed by atoms with Gasteiger partial charge in [-0.05, 0) is 48.2 Å². The fourth-order valence-corrected chi connectivity index (χ4v) is 3.54. The second-order valence-corrected chi connectivity index (χ2v) is 7.80. The van der Waals surface area contributed by atoms with Gasteiger partial charge in [-0.2, -0.15) is 0 Å². The van der Waals surface area contributed by atoms with Crippen molar-refractivity contribution in [2.24, 2.45) is 0 Å². The molecule has 150 valence electrons. The highest BCUT2D eigenvalue weighted by Crippen LogP contribution is 2.34. The predicted octanol–water partition coefficient (Wildman–Crippen LogP) is 5.52. The van der Waals surface area contributed by atoms with Crippen molar-refractivity contribution in [2.75, 3.05) is 10.2 Å². The third-order valence-corrected chi connectivity index (χ3v) is 5.29. The Morgan fingerprint density at radius 1 is 0.767 bits per heavy atom. The lowest BCUT2D eigenvalue weighted by Crippen LogP contribution is -2.32. The van der Waals surface area contributed by atoms with Crippen molar-refractivity contribution in [3.05, 3.63) is 101 Å². The van der Waals surface area contributed by atoms with Crippen LogP contribution in [-0.2, 0) is 9.59 Å². The fraction of sp³-hybridized carbons (Fsp3) is 0.154. The van der Waals surface area contributed by atoms with Crippen molar-refractivity contribution in [1.29, 1.82) is 0 Å². The maximum Gasteiger partial charge on any atom is 0.282 e. The lowest BCUT2D eigenvalue weighted by Gasteiger charge is -2.16. The molecular weight excluding hydrogens is 372 g/mol. The van der Waals surface area contributed by atoms with E-state index < -0.39 is 0 Å². The number of hydrogen-bond donors (Lipinski definition) is 1. The van der Waals surface area contributed by atoms with Gasteiger partial charge in [-0.15, -0.1) is 0 Å². The van der Waals surface area contributed by atoms with E-state index in [1.54, 1.807) is 0 Å². The molecule has 3 aromatic carbocycles. The molecule has 0 aliphatic carbocycles. The summed E-state index contributed by atoms with van der Waals surface area (Å²) >= 11 is 0. The van der Waals surface area contributed by atoms with Gasteiger partial charge in [-0.1, -0.05) is 74.0 Å². The van der Waals surface area contributed by atoms with Crippen LogP contribution in [0, 0.1) is 6.92 Å². The minimum atomic E-state index is -0.350. The number of carbonyl (C=O) groups excluding carboxylic acids is 2. The van der Waals surface area contributed by atoms with Crippen molar-refractivity contribution in [3.8, 4) is 0 Å². The monoisotopic (exact) mass is 396 g/mol. The third kappa shape index (κ3) is 3.64. The van der Waals surface area contributed by atoms with E-state index in [1.807, 2.05) is 85.8 Å². The van der Waals surface area contributed by atoms with Gasteiger partial charge in [0, 0.05) is 5.69 Å². The van der Waals surface area contributed by atoms with E-state index in [0.29, 0.717) is 22.9 Å². The summed E-state index contributed by atoms with van der Waals surface area (Å²) in [5.74, 6) is -0.295. The zero-order valence-corrected chi connectivity index (χ0v) is 17.3. The van der Waals surface area contributed by atoms with Crippen molar-refractivity contribution in [2.45, 2.75) is 26.7 Å². The lowest BCUT2D eigenvalue weighted by atomic mass is 10.0. The van der Waals surface area contributed by atoms with E-state index in [9.17, 15) is 9.59 Å². The molecule has 2 amide bonds. The van der Waals surface area contributed by atoms with Gasteiger partial charge >= 0.3 is 0 Å². The number of carbonyl (C=O) groups is 2. The van der Waals surface area contributed by atoms with Gasteiger partial charge in [-0.25, -0.2) is 4.90 Å². The summed E-state index contributed by atoms with van der Waals surface area (Å²) in [4.78, 5) is 28.1. The van der Waals surface area contributed by atoms with Crippen molar-refractivity contribution in [1.82, 2.24) is 0 Å². The SMILES string of the molecule is Cc1ccc(C2=C(Nc3ccccc3)C(=O)N(c3ccc(C(C)C)cc3)C2=O)cc1. The number of para-hydroxylation sites is 1. The molecule has 30 heavy (non-hydrogen) atoms. The van der Waals surface area contributed by atoms with Crippen molar-refractivity contribution < 1.29 is 9.59 Å². The summed E-state index contributed by atoms with van der Waals surface area (Å²) in [6.45, 7) is 6.21. The molecule has 0 atom stereocenters. The predicted molar refractivity (Wildman–Crippen MR) is 121 cm³/mol. The summed E-state index contributed by atoms with van der Waals surface area (Å²) < 4.78 is 0. The van der Waals surface area contributed by atoms with E-state index in [4.69, 9.17) is 0 Å². The van der Waals surface area contributed by atoms with Gasteiger partial charge in [-0.3, -0.25) is 9.59 Å². The van der Waals surface area contributed by atoms with Crippen LogP contribution in [0.3, 0.4) is 0 Å². The number of rotatable bonds is 5. The Hall–Kier alpha value is -3.66. The minimum absolute atomic E-state index is 0.294. The third-order valence-electron chi connectivity index (χ3n) is 5.29. The molecule has 3 aromatic rings. The zero-order chi connectivity index (χ0) is 21.3. The summed E-state index contributed by atoms with van der Waals surface area (Å²) in [6, 6.07) is 24.7. The van der Waals surface area contributed by atoms with E-state index in [0.717, 1.165) is 22.4 Å². The topological polar surface area (TPSA) is 49.4 Å². The Morgan fingerprint density at radius 2 is 1.40 bits per heavy atom. The normalized spacial score (nSPS) is 14.1. The highest BCUT2D eigenvalue weighted by molar-refractivity contribution is 6.46. The first-order valence-corrected chi connectivity index (χ1v) is 10.1. The Balaban J connectivity index is 1.78. The lowest BCUT2D eigenvalue weighted by molar-refractivity contribution is -0.120. The molecule has 0 aromatic heterocycles. The van der Waals surface area contributed by atoms with Crippen molar-refractivity contribution >= 4 is 28.8 Å².